The van der Waals surface area contributed by atoms with Crippen molar-refractivity contribution < 1.29 is 0 Å². The number of rotatable bonds is 0. The van der Waals surface area contributed by atoms with Gasteiger partial charge in [0.05, 0.1) is 0 Å². The Morgan fingerprint density at radius 1 is 1.33 bits per heavy atom. The van der Waals surface area contributed by atoms with E-state index in [9.17, 15) is 0 Å². The highest BCUT2D eigenvalue weighted by Gasteiger charge is 2.42. The molecule has 1 spiro atoms. The van der Waals surface area contributed by atoms with Crippen molar-refractivity contribution in [2.24, 2.45) is 5.41 Å². The molecule has 1 saturated carbocycles. The average molecular weight is 277 g/mol. The number of hydrogen-bond acceptors (Lipinski definition) is 1. The fourth-order valence-corrected chi connectivity index (χ4v) is 3.84. The standard InChI is InChI=1S/C10H16IN/c1-2-9-3-5-10(6-4-9)7-12(11)8-10/h2H,3-8H2,1H3. The minimum absolute atomic E-state index is 0.730. The molecule has 2 fully saturated rings. The lowest BCUT2D eigenvalue weighted by Crippen LogP contribution is -2.52. The normalized spacial score (nSPS) is 28.7. The average Bonchev–Trinajstić information content (AvgIpc) is 2.04. The van der Waals surface area contributed by atoms with Gasteiger partial charge in [0.2, 0.25) is 0 Å². The van der Waals surface area contributed by atoms with Crippen molar-refractivity contribution in [2.45, 2.75) is 32.6 Å². The molecule has 1 aliphatic heterocycles. The molecule has 0 amide bonds. The molecule has 0 aromatic carbocycles. The number of nitrogens with zero attached hydrogens (tertiary/aromatic N) is 1. The molecule has 1 saturated heterocycles. The van der Waals surface area contributed by atoms with E-state index in [0.717, 1.165) is 5.41 Å². The van der Waals surface area contributed by atoms with Gasteiger partial charge in [-0.2, -0.15) is 0 Å². The highest BCUT2D eigenvalue weighted by Crippen LogP contribution is 2.46. The van der Waals surface area contributed by atoms with Gasteiger partial charge in [0.25, 0.3) is 0 Å². The van der Waals surface area contributed by atoms with E-state index in [2.05, 4.69) is 39.0 Å². The first-order valence-electron chi connectivity index (χ1n) is 4.79. The van der Waals surface area contributed by atoms with Gasteiger partial charge < -0.3 is 0 Å². The van der Waals surface area contributed by atoms with Crippen LogP contribution in [0, 0.1) is 5.41 Å². The zero-order valence-electron chi connectivity index (χ0n) is 7.65. The van der Waals surface area contributed by atoms with Gasteiger partial charge in [-0.15, -0.1) is 0 Å². The largest absolute Gasteiger partial charge is 0.246 e. The van der Waals surface area contributed by atoms with E-state index >= 15 is 0 Å². The molecular weight excluding hydrogens is 261 g/mol. The van der Waals surface area contributed by atoms with Gasteiger partial charge in [-0.3, -0.25) is 0 Å². The van der Waals surface area contributed by atoms with Gasteiger partial charge in [-0.1, -0.05) is 11.6 Å². The summed E-state index contributed by atoms with van der Waals surface area (Å²) in [6.45, 7) is 4.86. The van der Waals surface area contributed by atoms with Crippen LogP contribution < -0.4 is 0 Å². The topological polar surface area (TPSA) is 3.24 Å². The predicted octanol–water partition coefficient (Wildman–Crippen LogP) is 3.16. The maximum absolute atomic E-state index is 2.44. The van der Waals surface area contributed by atoms with Crippen molar-refractivity contribution in [3.8, 4) is 0 Å². The number of allylic oxidation sites excluding steroid dienone is 2. The Labute approximate surface area is 88.7 Å². The van der Waals surface area contributed by atoms with E-state index in [4.69, 9.17) is 0 Å². The third-order valence-corrected chi connectivity index (χ3v) is 4.06. The Balaban J connectivity index is 1.91. The van der Waals surface area contributed by atoms with Crippen LogP contribution in [-0.4, -0.2) is 16.2 Å². The molecule has 2 rings (SSSR count). The molecule has 0 atom stereocenters. The van der Waals surface area contributed by atoms with Crippen molar-refractivity contribution in [1.29, 1.82) is 0 Å². The predicted molar refractivity (Wildman–Crippen MR) is 60.3 cm³/mol. The first-order valence-corrected chi connectivity index (χ1v) is 5.75. The Bertz CT molecular complexity index is 192. The molecule has 68 valence electrons. The molecule has 2 aliphatic rings. The minimum atomic E-state index is 0.730. The molecule has 1 heterocycles. The molecule has 0 radical (unpaired) electrons. The molecule has 1 nitrogen and oxygen atoms in total. The summed E-state index contributed by atoms with van der Waals surface area (Å²) in [7, 11) is 0. The molecule has 0 aromatic rings. The monoisotopic (exact) mass is 277 g/mol. The Morgan fingerprint density at radius 2 is 1.92 bits per heavy atom. The summed E-state index contributed by atoms with van der Waals surface area (Å²) in [6, 6.07) is 0. The summed E-state index contributed by atoms with van der Waals surface area (Å²) < 4.78 is 2.42. The minimum Gasteiger partial charge on any atom is -0.246 e. The first kappa shape index (κ1) is 9.00. The number of hydrogen-bond donors (Lipinski definition) is 0. The summed E-state index contributed by atoms with van der Waals surface area (Å²) in [5.74, 6) is 0. The Kier molecular flexibility index (Phi) is 2.47. The maximum Gasteiger partial charge on any atom is 0.0201 e. The molecule has 12 heavy (non-hydrogen) atoms. The fourth-order valence-electron chi connectivity index (χ4n) is 2.39. The van der Waals surface area contributed by atoms with Crippen molar-refractivity contribution >= 4 is 22.9 Å². The van der Waals surface area contributed by atoms with E-state index in [1.54, 1.807) is 5.57 Å². The van der Waals surface area contributed by atoms with Gasteiger partial charge in [0.15, 0.2) is 0 Å². The van der Waals surface area contributed by atoms with Gasteiger partial charge in [0.1, 0.15) is 0 Å². The summed E-state index contributed by atoms with van der Waals surface area (Å²) in [5.41, 5.74) is 2.42. The van der Waals surface area contributed by atoms with Crippen LogP contribution >= 0.6 is 22.9 Å². The second kappa shape index (κ2) is 3.29. The van der Waals surface area contributed by atoms with Crippen molar-refractivity contribution in [2.75, 3.05) is 13.1 Å². The van der Waals surface area contributed by atoms with Crippen molar-refractivity contribution in [3.05, 3.63) is 11.6 Å². The molecule has 0 bridgehead atoms. The van der Waals surface area contributed by atoms with Crippen LogP contribution in [0.15, 0.2) is 11.6 Å². The van der Waals surface area contributed by atoms with E-state index < -0.39 is 0 Å². The molecule has 0 unspecified atom stereocenters. The van der Waals surface area contributed by atoms with Crippen LogP contribution in [-0.2, 0) is 0 Å². The lowest BCUT2D eigenvalue weighted by molar-refractivity contribution is 0.0629. The van der Waals surface area contributed by atoms with Crippen LogP contribution in [0.2, 0.25) is 0 Å². The van der Waals surface area contributed by atoms with Crippen LogP contribution in [0.4, 0.5) is 0 Å². The SMILES string of the molecule is CC=C1CCC2(CC1)CN(I)C2. The third kappa shape index (κ3) is 1.55. The van der Waals surface area contributed by atoms with E-state index in [-0.39, 0.29) is 0 Å². The van der Waals surface area contributed by atoms with Gasteiger partial charge in [-0.05, 0) is 38.0 Å². The van der Waals surface area contributed by atoms with Crippen molar-refractivity contribution in [1.82, 2.24) is 3.11 Å². The van der Waals surface area contributed by atoms with E-state index in [1.165, 1.54) is 38.8 Å². The van der Waals surface area contributed by atoms with Crippen LogP contribution in [0.3, 0.4) is 0 Å². The van der Waals surface area contributed by atoms with Crippen LogP contribution in [0.1, 0.15) is 32.6 Å². The first-order chi connectivity index (χ1) is 5.74. The van der Waals surface area contributed by atoms with Crippen LogP contribution in [0.25, 0.3) is 0 Å². The van der Waals surface area contributed by atoms with Crippen molar-refractivity contribution in [3.63, 3.8) is 0 Å². The lowest BCUT2D eigenvalue weighted by atomic mass is 9.68. The quantitative estimate of drug-likeness (QED) is 0.373. The fraction of sp³-hybridized carbons (Fsp3) is 0.800. The molecule has 1 aliphatic carbocycles. The smallest absolute Gasteiger partial charge is 0.0201 e. The van der Waals surface area contributed by atoms with E-state index in [1.807, 2.05) is 0 Å². The highest BCUT2D eigenvalue weighted by atomic mass is 127. The van der Waals surface area contributed by atoms with Gasteiger partial charge in [-0.25, -0.2) is 3.11 Å². The summed E-state index contributed by atoms with van der Waals surface area (Å²) >= 11 is 2.44. The third-order valence-electron chi connectivity index (χ3n) is 3.38. The molecule has 2 heteroatoms. The molecule has 0 aromatic heterocycles. The molecule has 0 N–H and O–H groups in total. The second-order valence-corrected chi connectivity index (χ2v) is 5.59. The zero-order valence-corrected chi connectivity index (χ0v) is 9.80. The number of halogens is 1. The zero-order chi connectivity index (χ0) is 8.60. The van der Waals surface area contributed by atoms with Crippen LogP contribution in [0.5, 0.6) is 0 Å². The van der Waals surface area contributed by atoms with Gasteiger partial charge >= 0.3 is 0 Å². The highest BCUT2D eigenvalue weighted by molar-refractivity contribution is 14.1. The second-order valence-electron chi connectivity index (χ2n) is 4.23. The summed E-state index contributed by atoms with van der Waals surface area (Å²) in [5, 5.41) is 0. The molecular formula is C10H16IN. The maximum atomic E-state index is 2.44. The van der Waals surface area contributed by atoms with E-state index in [0.29, 0.717) is 0 Å². The summed E-state index contributed by atoms with van der Waals surface area (Å²) in [4.78, 5) is 0. The summed E-state index contributed by atoms with van der Waals surface area (Å²) in [6.07, 6.45) is 7.91. The van der Waals surface area contributed by atoms with Gasteiger partial charge in [0, 0.05) is 36.0 Å². The lowest BCUT2D eigenvalue weighted by Gasteiger charge is -2.50. The Hall–Kier alpha value is 0.430. The Morgan fingerprint density at radius 3 is 2.33 bits per heavy atom.